The zero-order chi connectivity index (χ0) is 10.8. The lowest BCUT2D eigenvalue weighted by molar-refractivity contribution is -0.884. The highest BCUT2D eigenvalue weighted by Crippen LogP contribution is 2.02. The number of hydrazone groups is 1. The maximum atomic E-state index is 9.22. The van der Waals surface area contributed by atoms with E-state index in [2.05, 4.69) is 11.8 Å². The Morgan fingerprint density at radius 3 is 2.57 bits per heavy atom. The quantitative estimate of drug-likeness (QED) is 0.155. The van der Waals surface area contributed by atoms with Crippen molar-refractivity contribution in [2.75, 3.05) is 13.6 Å². The molecule has 14 heavy (non-hydrogen) atoms. The fourth-order valence-corrected chi connectivity index (χ4v) is 1.18. The van der Waals surface area contributed by atoms with Crippen LogP contribution in [-0.2, 0) is 4.84 Å². The van der Waals surface area contributed by atoms with Crippen LogP contribution in [0.5, 0.6) is 0 Å². The van der Waals surface area contributed by atoms with Crippen LogP contribution in [0.25, 0.3) is 0 Å². The first-order valence-corrected chi connectivity index (χ1v) is 5.10. The maximum absolute atomic E-state index is 9.22. The molecule has 0 unspecified atom stereocenters. The number of hydrogen-bond donors (Lipinski definition) is 2. The minimum atomic E-state index is 0.792. The highest BCUT2D eigenvalue weighted by Gasteiger charge is 2.08. The van der Waals surface area contributed by atoms with Crippen molar-refractivity contribution < 1.29 is 14.9 Å². The molecule has 0 aliphatic heterocycles. The minimum absolute atomic E-state index is 0.792. The Morgan fingerprint density at radius 1 is 1.36 bits per heavy atom. The predicted molar refractivity (Wildman–Crippen MR) is 54.8 cm³/mol. The molecular formula is C9H22N3O2+. The van der Waals surface area contributed by atoms with Gasteiger partial charge >= 0.3 is 6.40 Å². The Bertz CT molecular complexity index is 162. The van der Waals surface area contributed by atoms with Crippen molar-refractivity contribution >= 4 is 6.40 Å². The van der Waals surface area contributed by atoms with E-state index < -0.39 is 0 Å². The molecule has 0 aromatic heterocycles. The van der Waals surface area contributed by atoms with Crippen molar-refractivity contribution in [2.24, 2.45) is 5.90 Å². The molecule has 0 saturated carbocycles. The summed E-state index contributed by atoms with van der Waals surface area (Å²) in [5, 5.41) is 10.9. The lowest BCUT2D eigenvalue weighted by Gasteiger charge is -2.08. The fraction of sp³-hybridized carbons (Fsp3) is 0.889. The van der Waals surface area contributed by atoms with Gasteiger partial charge in [-0.1, -0.05) is 32.6 Å². The molecule has 0 amide bonds. The Labute approximate surface area is 85.6 Å². The Kier molecular flexibility index (Phi) is 8.02. The third-order valence-corrected chi connectivity index (χ3v) is 2.09. The molecule has 0 heterocycles. The number of unbranched alkanes of at least 4 members (excludes halogenated alkanes) is 4. The van der Waals surface area contributed by atoms with E-state index in [0.29, 0.717) is 0 Å². The van der Waals surface area contributed by atoms with Gasteiger partial charge in [0.1, 0.15) is 4.85 Å². The number of nitrogens with two attached hydrogens (primary N) is 1. The van der Waals surface area contributed by atoms with Gasteiger partial charge in [-0.3, -0.25) is 5.21 Å². The molecule has 5 heteroatoms. The molecule has 0 aromatic rings. The summed E-state index contributed by atoms with van der Waals surface area (Å²) in [6, 6.07) is 0. The molecule has 0 atom stereocenters. The number of hydrazine groups is 1. The average Bonchev–Trinajstić information content (AvgIpc) is 2.17. The third-order valence-electron chi connectivity index (χ3n) is 2.09. The molecule has 0 aliphatic rings. The van der Waals surface area contributed by atoms with Gasteiger partial charge in [0.2, 0.25) is 0 Å². The van der Waals surface area contributed by atoms with Gasteiger partial charge in [-0.2, -0.15) is 5.90 Å². The van der Waals surface area contributed by atoms with Crippen LogP contribution in [0.3, 0.4) is 0 Å². The molecule has 0 aromatic carbocycles. The summed E-state index contributed by atoms with van der Waals surface area (Å²) < 4.78 is 0. The summed E-state index contributed by atoms with van der Waals surface area (Å²) in [5.74, 6) is 4.78. The first kappa shape index (κ1) is 13.0. The van der Waals surface area contributed by atoms with Crippen LogP contribution in [0.15, 0.2) is 0 Å². The Morgan fingerprint density at radius 2 is 2.00 bits per heavy atom. The minimum Gasteiger partial charge on any atom is -0.352 e. The van der Waals surface area contributed by atoms with E-state index in [4.69, 9.17) is 5.90 Å². The molecule has 0 bridgehead atoms. The lowest BCUT2D eigenvalue weighted by Crippen LogP contribution is -2.31. The zero-order valence-corrected chi connectivity index (χ0v) is 9.15. The van der Waals surface area contributed by atoms with E-state index >= 15 is 0 Å². The fourth-order valence-electron chi connectivity index (χ4n) is 1.18. The van der Waals surface area contributed by atoms with Crippen LogP contribution < -0.4 is 5.90 Å². The zero-order valence-electron chi connectivity index (χ0n) is 9.15. The number of rotatable bonds is 8. The van der Waals surface area contributed by atoms with Crippen LogP contribution in [0, 0.1) is 0 Å². The van der Waals surface area contributed by atoms with Gasteiger partial charge in [-0.15, -0.1) is 5.01 Å². The standard InChI is InChI=1S/C9H22N3O2/c1-3-4-5-6-7-8-11(2)12(13)9-14-10/h9,13H,3-8,10H2,1-2H3/q+1/b12-9-. The molecule has 0 aliphatic carbocycles. The van der Waals surface area contributed by atoms with Crippen LogP contribution in [0.2, 0.25) is 0 Å². The van der Waals surface area contributed by atoms with Gasteiger partial charge in [-0.25, -0.2) is 0 Å². The second-order valence-corrected chi connectivity index (χ2v) is 3.36. The summed E-state index contributed by atoms with van der Waals surface area (Å²) >= 11 is 0. The summed E-state index contributed by atoms with van der Waals surface area (Å²) in [7, 11) is 1.77. The van der Waals surface area contributed by atoms with Gasteiger partial charge in [-0.05, 0) is 6.42 Å². The van der Waals surface area contributed by atoms with Crippen molar-refractivity contribution in [3.63, 3.8) is 0 Å². The summed E-state index contributed by atoms with van der Waals surface area (Å²) in [5.41, 5.74) is 0. The van der Waals surface area contributed by atoms with Crippen LogP contribution in [0.4, 0.5) is 0 Å². The smallest absolute Gasteiger partial charge is 0.352 e. The van der Waals surface area contributed by atoms with Crippen molar-refractivity contribution in [2.45, 2.75) is 39.0 Å². The van der Waals surface area contributed by atoms with Gasteiger partial charge in [0.15, 0.2) is 0 Å². The van der Waals surface area contributed by atoms with Crippen LogP contribution in [-0.4, -0.2) is 35.1 Å². The van der Waals surface area contributed by atoms with Gasteiger partial charge in [0.25, 0.3) is 0 Å². The number of hydrogen-bond acceptors (Lipinski definition) is 4. The first-order chi connectivity index (χ1) is 6.72. The number of nitrogens with zero attached hydrogens (tertiary/aromatic N) is 2. The SMILES string of the molecule is CCCCCCCN(C)/[N+](O)=C/ON. The first-order valence-electron chi connectivity index (χ1n) is 5.10. The van der Waals surface area contributed by atoms with E-state index in [0.717, 1.165) is 24.2 Å². The molecule has 84 valence electrons. The van der Waals surface area contributed by atoms with Crippen molar-refractivity contribution in [3.05, 3.63) is 0 Å². The molecular weight excluding hydrogens is 182 g/mol. The Balaban J connectivity index is 3.43. The Hall–Kier alpha value is -0.970. The predicted octanol–water partition coefficient (Wildman–Crippen LogP) is 1.12. The van der Waals surface area contributed by atoms with Gasteiger partial charge in [0, 0.05) is 0 Å². The topological polar surface area (TPSA) is 61.7 Å². The summed E-state index contributed by atoms with van der Waals surface area (Å²) in [6.45, 7) is 2.98. The summed E-state index contributed by atoms with van der Waals surface area (Å²) in [6.07, 6.45) is 7.09. The largest absolute Gasteiger partial charge is 0.425 e. The molecule has 0 saturated heterocycles. The van der Waals surface area contributed by atoms with Crippen molar-refractivity contribution in [3.8, 4) is 0 Å². The van der Waals surface area contributed by atoms with Crippen molar-refractivity contribution in [1.82, 2.24) is 5.01 Å². The lowest BCUT2D eigenvalue weighted by atomic mass is 10.1. The monoisotopic (exact) mass is 204 g/mol. The molecule has 3 N–H and O–H groups in total. The van der Waals surface area contributed by atoms with Crippen LogP contribution >= 0.6 is 0 Å². The third kappa shape index (κ3) is 6.54. The van der Waals surface area contributed by atoms with E-state index in [1.54, 1.807) is 12.1 Å². The van der Waals surface area contributed by atoms with Crippen LogP contribution in [0.1, 0.15) is 39.0 Å². The normalized spacial score (nSPS) is 11.5. The summed E-state index contributed by atoms with van der Waals surface area (Å²) in [4.78, 5) is 5.03. The van der Waals surface area contributed by atoms with E-state index in [1.165, 1.54) is 25.7 Å². The van der Waals surface area contributed by atoms with E-state index in [-0.39, 0.29) is 0 Å². The van der Waals surface area contributed by atoms with E-state index in [1.807, 2.05) is 0 Å². The molecule has 0 radical (unpaired) electrons. The molecule has 5 nitrogen and oxygen atoms in total. The molecule has 0 spiro atoms. The maximum Gasteiger partial charge on any atom is 0.425 e. The highest BCUT2D eigenvalue weighted by molar-refractivity contribution is 5.37. The van der Waals surface area contributed by atoms with Gasteiger partial charge < -0.3 is 4.84 Å². The van der Waals surface area contributed by atoms with Crippen molar-refractivity contribution in [1.29, 1.82) is 0 Å². The highest BCUT2D eigenvalue weighted by atomic mass is 16.6. The van der Waals surface area contributed by atoms with E-state index in [9.17, 15) is 5.21 Å². The second kappa shape index (κ2) is 8.62. The molecule has 0 rings (SSSR count). The van der Waals surface area contributed by atoms with Gasteiger partial charge in [0.05, 0.1) is 13.6 Å². The molecule has 0 fully saturated rings. The second-order valence-electron chi connectivity index (χ2n) is 3.36. The average molecular weight is 204 g/mol.